The Morgan fingerprint density at radius 2 is 1.67 bits per heavy atom. The van der Waals surface area contributed by atoms with Gasteiger partial charge in [-0.15, -0.1) is 0 Å². The first kappa shape index (κ1) is 16.8. The van der Waals surface area contributed by atoms with Crippen molar-refractivity contribution in [2.45, 2.75) is 19.4 Å². The third-order valence-electron chi connectivity index (χ3n) is 2.03. The van der Waals surface area contributed by atoms with Crippen LogP contribution in [0.15, 0.2) is 0 Å². The highest BCUT2D eigenvalue weighted by Gasteiger charge is 2.17. The molecule has 0 radical (unpaired) electrons. The SMILES string of the molecule is COCCOCCOCCC(NC(C)=O)C(=O)O. The molecule has 0 bridgehead atoms. The molecule has 0 saturated carbocycles. The predicted molar refractivity (Wildman–Crippen MR) is 63.4 cm³/mol. The number of methoxy groups -OCH3 is 1. The summed E-state index contributed by atoms with van der Waals surface area (Å²) in [4.78, 5) is 21.5. The van der Waals surface area contributed by atoms with Gasteiger partial charge in [0, 0.05) is 27.1 Å². The molecular formula is C11H21NO6. The highest BCUT2D eigenvalue weighted by molar-refractivity contribution is 5.81. The highest BCUT2D eigenvalue weighted by atomic mass is 16.5. The van der Waals surface area contributed by atoms with Gasteiger partial charge in [0.15, 0.2) is 0 Å². The molecule has 0 aliphatic carbocycles. The van der Waals surface area contributed by atoms with Crippen molar-refractivity contribution in [3.63, 3.8) is 0 Å². The van der Waals surface area contributed by atoms with Gasteiger partial charge in [-0.3, -0.25) is 4.79 Å². The van der Waals surface area contributed by atoms with Gasteiger partial charge in [-0.05, 0) is 0 Å². The Morgan fingerprint density at radius 1 is 1.11 bits per heavy atom. The molecule has 0 aliphatic heterocycles. The Bertz CT molecular complexity index is 246. The van der Waals surface area contributed by atoms with E-state index in [2.05, 4.69) is 5.32 Å². The summed E-state index contributed by atoms with van der Waals surface area (Å²) in [6.45, 7) is 3.38. The maximum Gasteiger partial charge on any atom is 0.326 e. The van der Waals surface area contributed by atoms with Crippen molar-refractivity contribution in [3.05, 3.63) is 0 Å². The van der Waals surface area contributed by atoms with Crippen LogP contribution in [0, 0.1) is 0 Å². The number of carboxylic acid groups (broad SMARTS) is 1. The number of aliphatic carboxylic acids is 1. The third kappa shape index (κ3) is 10.0. The molecule has 0 spiro atoms. The largest absolute Gasteiger partial charge is 0.480 e. The van der Waals surface area contributed by atoms with Gasteiger partial charge in [-0.25, -0.2) is 4.79 Å². The quantitative estimate of drug-likeness (QED) is 0.495. The fourth-order valence-corrected chi connectivity index (χ4v) is 1.17. The smallest absolute Gasteiger partial charge is 0.326 e. The number of hydrogen-bond donors (Lipinski definition) is 2. The van der Waals surface area contributed by atoms with Gasteiger partial charge in [-0.1, -0.05) is 0 Å². The number of carboxylic acids is 1. The molecular weight excluding hydrogens is 242 g/mol. The lowest BCUT2D eigenvalue weighted by atomic mass is 10.2. The van der Waals surface area contributed by atoms with Crippen molar-refractivity contribution in [1.29, 1.82) is 0 Å². The zero-order valence-corrected chi connectivity index (χ0v) is 10.8. The average Bonchev–Trinajstić information content (AvgIpc) is 2.30. The number of nitrogens with one attached hydrogen (secondary N) is 1. The standard InChI is InChI=1S/C11H21NO6/c1-9(13)12-10(11(14)15)3-4-17-7-8-18-6-5-16-2/h10H,3-8H2,1-2H3,(H,12,13)(H,14,15). The minimum absolute atomic E-state index is 0.229. The first-order valence-electron chi connectivity index (χ1n) is 5.72. The predicted octanol–water partition coefficient (Wildman–Crippen LogP) is -0.355. The van der Waals surface area contributed by atoms with Crippen LogP contribution in [0.4, 0.5) is 0 Å². The summed E-state index contributed by atoms with van der Waals surface area (Å²) in [5.74, 6) is -1.43. The average molecular weight is 263 g/mol. The van der Waals surface area contributed by atoms with E-state index in [4.69, 9.17) is 19.3 Å². The lowest BCUT2D eigenvalue weighted by molar-refractivity contribution is -0.142. The molecule has 106 valence electrons. The molecule has 0 saturated heterocycles. The Hall–Kier alpha value is -1.18. The topological polar surface area (TPSA) is 94.1 Å². The lowest BCUT2D eigenvalue weighted by Crippen LogP contribution is -2.40. The normalized spacial score (nSPS) is 12.1. The zero-order valence-electron chi connectivity index (χ0n) is 10.8. The van der Waals surface area contributed by atoms with Crippen molar-refractivity contribution >= 4 is 11.9 Å². The second kappa shape index (κ2) is 10.9. The van der Waals surface area contributed by atoms with Crippen molar-refractivity contribution < 1.29 is 28.9 Å². The van der Waals surface area contributed by atoms with Crippen molar-refractivity contribution in [1.82, 2.24) is 5.32 Å². The first-order chi connectivity index (χ1) is 8.57. The highest BCUT2D eigenvalue weighted by Crippen LogP contribution is 1.94. The molecule has 7 nitrogen and oxygen atoms in total. The molecule has 0 aromatic carbocycles. The van der Waals surface area contributed by atoms with Crippen LogP contribution in [0.2, 0.25) is 0 Å². The van der Waals surface area contributed by atoms with Crippen molar-refractivity contribution in [2.75, 3.05) is 40.1 Å². The van der Waals surface area contributed by atoms with Crippen LogP contribution >= 0.6 is 0 Å². The van der Waals surface area contributed by atoms with Crippen LogP contribution in [0.1, 0.15) is 13.3 Å². The minimum atomic E-state index is -1.06. The van der Waals surface area contributed by atoms with E-state index >= 15 is 0 Å². The van der Waals surface area contributed by atoms with Crippen LogP contribution in [-0.2, 0) is 23.8 Å². The van der Waals surface area contributed by atoms with Gasteiger partial charge in [0.1, 0.15) is 6.04 Å². The van der Waals surface area contributed by atoms with Crippen LogP contribution in [0.25, 0.3) is 0 Å². The monoisotopic (exact) mass is 263 g/mol. The Morgan fingerprint density at radius 3 is 2.17 bits per heavy atom. The number of amides is 1. The molecule has 0 aromatic heterocycles. The number of hydrogen-bond acceptors (Lipinski definition) is 5. The van der Waals surface area contributed by atoms with E-state index in [-0.39, 0.29) is 18.9 Å². The van der Waals surface area contributed by atoms with Gasteiger partial charge in [0.25, 0.3) is 0 Å². The second-order valence-corrected chi connectivity index (χ2v) is 3.60. The van der Waals surface area contributed by atoms with E-state index < -0.39 is 12.0 Å². The maximum atomic E-state index is 10.8. The van der Waals surface area contributed by atoms with Gasteiger partial charge >= 0.3 is 5.97 Å². The van der Waals surface area contributed by atoms with E-state index in [1.807, 2.05) is 0 Å². The van der Waals surface area contributed by atoms with Crippen molar-refractivity contribution in [2.24, 2.45) is 0 Å². The molecule has 0 aromatic rings. The van der Waals surface area contributed by atoms with Gasteiger partial charge in [0.05, 0.1) is 26.4 Å². The third-order valence-corrected chi connectivity index (χ3v) is 2.03. The van der Waals surface area contributed by atoms with Gasteiger partial charge in [0.2, 0.25) is 5.91 Å². The summed E-state index contributed by atoms with van der Waals surface area (Å²) in [6.07, 6.45) is 0.229. The van der Waals surface area contributed by atoms with Crippen LogP contribution in [0.5, 0.6) is 0 Å². The Labute approximate surface area is 106 Å². The molecule has 0 heterocycles. The lowest BCUT2D eigenvalue weighted by Gasteiger charge is -2.13. The van der Waals surface area contributed by atoms with Crippen LogP contribution in [0.3, 0.4) is 0 Å². The molecule has 2 N–H and O–H groups in total. The molecule has 0 rings (SSSR count). The summed E-state index contributed by atoms with van der Waals surface area (Å²) in [6, 6.07) is -0.906. The Kier molecular flexibility index (Phi) is 10.2. The maximum absolute atomic E-state index is 10.8. The van der Waals surface area contributed by atoms with Gasteiger partial charge < -0.3 is 24.6 Å². The fourth-order valence-electron chi connectivity index (χ4n) is 1.17. The van der Waals surface area contributed by atoms with Crippen LogP contribution in [-0.4, -0.2) is 63.2 Å². The molecule has 18 heavy (non-hydrogen) atoms. The molecule has 0 fully saturated rings. The van der Waals surface area contributed by atoms with E-state index in [9.17, 15) is 9.59 Å². The number of carbonyl (C=O) groups excluding carboxylic acids is 1. The number of ether oxygens (including phenoxy) is 3. The number of carbonyl (C=O) groups is 2. The molecule has 0 aliphatic rings. The molecule has 1 atom stereocenters. The Balaban J connectivity index is 3.49. The summed E-state index contributed by atoms with van der Waals surface area (Å²) < 4.78 is 15.1. The summed E-state index contributed by atoms with van der Waals surface area (Å²) >= 11 is 0. The summed E-state index contributed by atoms with van der Waals surface area (Å²) in [5.41, 5.74) is 0. The van der Waals surface area contributed by atoms with E-state index in [1.165, 1.54) is 6.92 Å². The molecule has 1 amide bonds. The summed E-state index contributed by atoms with van der Waals surface area (Å²) in [7, 11) is 1.59. The number of rotatable bonds is 11. The van der Waals surface area contributed by atoms with E-state index in [1.54, 1.807) is 7.11 Å². The first-order valence-corrected chi connectivity index (χ1v) is 5.72. The zero-order chi connectivity index (χ0) is 13.8. The molecule has 7 heteroatoms. The minimum Gasteiger partial charge on any atom is -0.480 e. The summed E-state index contributed by atoms with van der Waals surface area (Å²) in [5, 5.41) is 11.1. The van der Waals surface area contributed by atoms with Crippen molar-refractivity contribution in [3.8, 4) is 0 Å². The second-order valence-electron chi connectivity index (χ2n) is 3.60. The van der Waals surface area contributed by atoms with Crippen LogP contribution < -0.4 is 5.32 Å². The van der Waals surface area contributed by atoms with Gasteiger partial charge in [-0.2, -0.15) is 0 Å². The molecule has 1 unspecified atom stereocenters. The van der Waals surface area contributed by atoms with E-state index in [0.717, 1.165) is 0 Å². The van der Waals surface area contributed by atoms with E-state index in [0.29, 0.717) is 26.4 Å². The fraction of sp³-hybridized carbons (Fsp3) is 0.818.